The van der Waals surface area contributed by atoms with Crippen LogP contribution in [0.1, 0.15) is 45.6 Å². The quantitative estimate of drug-likeness (QED) is 0.867. The highest BCUT2D eigenvalue weighted by Gasteiger charge is 2.38. The van der Waals surface area contributed by atoms with Gasteiger partial charge in [-0.1, -0.05) is 32.9 Å². The smallest absolute Gasteiger partial charge is 0.115 e. The molecule has 0 aliphatic carbocycles. The van der Waals surface area contributed by atoms with Gasteiger partial charge in [0.05, 0.1) is 0 Å². The number of nitrogens with one attached hydrogen (secondary N) is 1. The number of aromatic hydroxyl groups is 1. The summed E-state index contributed by atoms with van der Waals surface area (Å²) in [6.45, 7) is 9.90. The molecule has 1 fully saturated rings. The van der Waals surface area contributed by atoms with E-state index in [4.69, 9.17) is 0 Å². The molecular weight excluding hydrogens is 248 g/mol. The summed E-state index contributed by atoms with van der Waals surface area (Å²) in [6, 6.07) is 8.25. The van der Waals surface area contributed by atoms with Crippen molar-refractivity contribution in [2.24, 2.45) is 0 Å². The third-order valence-electron chi connectivity index (χ3n) is 4.92. The fraction of sp³-hybridized carbons (Fsp3) is 0.647. The second-order valence-electron chi connectivity index (χ2n) is 5.97. The zero-order chi connectivity index (χ0) is 14.6. The Hall–Kier alpha value is -1.06. The van der Waals surface area contributed by atoms with Crippen LogP contribution in [-0.4, -0.2) is 34.7 Å². The summed E-state index contributed by atoms with van der Waals surface area (Å²) in [4.78, 5) is 2.62. The average molecular weight is 276 g/mol. The summed E-state index contributed by atoms with van der Waals surface area (Å²) >= 11 is 0. The molecule has 1 saturated heterocycles. The van der Waals surface area contributed by atoms with Crippen molar-refractivity contribution in [2.75, 3.05) is 13.1 Å². The molecule has 1 heterocycles. The molecule has 112 valence electrons. The van der Waals surface area contributed by atoms with E-state index in [1.54, 1.807) is 6.07 Å². The lowest BCUT2D eigenvalue weighted by Gasteiger charge is -2.49. The Morgan fingerprint density at radius 3 is 2.65 bits per heavy atom. The van der Waals surface area contributed by atoms with Gasteiger partial charge in [0.2, 0.25) is 0 Å². The molecular formula is C17H28N2O. The summed E-state index contributed by atoms with van der Waals surface area (Å²) in [6.07, 6.45) is 3.48. The van der Waals surface area contributed by atoms with E-state index in [0.717, 1.165) is 32.5 Å². The van der Waals surface area contributed by atoms with Gasteiger partial charge in [-0.05, 0) is 37.0 Å². The molecule has 0 spiro atoms. The van der Waals surface area contributed by atoms with Crippen LogP contribution in [0.15, 0.2) is 24.3 Å². The Bertz CT molecular complexity index is 429. The molecule has 1 aromatic carbocycles. The van der Waals surface area contributed by atoms with Crippen LogP contribution in [0.4, 0.5) is 0 Å². The number of rotatable bonds is 5. The molecule has 1 aliphatic rings. The molecule has 1 atom stereocenters. The van der Waals surface area contributed by atoms with E-state index in [1.165, 1.54) is 12.0 Å². The number of hydrogen-bond acceptors (Lipinski definition) is 3. The Balaban J connectivity index is 2.18. The first-order valence-electron chi connectivity index (χ1n) is 7.90. The molecule has 0 saturated carbocycles. The third-order valence-corrected chi connectivity index (χ3v) is 4.92. The molecule has 0 bridgehead atoms. The number of phenolic OH excluding ortho intramolecular Hbond substituents is 1. The van der Waals surface area contributed by atoms with Crippen LogP contribution in [0.2, 0.25) is 0 Å². The molecule has 3 nitrogen and oxygen atoms in total. The van der Waals surface area contributed by atoms with Gasteiger partial charge in [-0.25, -0.2) is 0 Å². The first-order valence-corrected chi connectivity index (χ1v) is 7.90. The third kappa shape index (κ3) is 3.15. The zero-order valence-electron chi connectivity index (χ0n) is 13.0. The predicted octanol–water partition coefficient (Wildman–Crippen LogP) is 3.13. The number of phenols is 1. The first kappa shape index (κ1) is 15.3. The molecule has 0 aromatic heterocycles. The van der Waals surface area contributed by atoms with Crippen molar-refractivity contribution >= 4 is 0 Å². The number of benzene rings is 1. The van der Waals surface area contributed by atoms with E-state index >= 15 is 0 Å². The summed E-state index contributed by atoms with van der Waals surface area (Å²) in [7, 11) is 0. The van der Waals surface area contributed by atoms with E-state index in [9.17, 15) is 5.11 Å². The van der Waals surface area contributed by atoms with Crippen molar-refractivity contribution in [1.82, 2.24) is 10.2 Å². The lowest BCUT2D eigenvalue weighted by atomic mass is 9.86. The summed E-state index contributed by atoms with van der Waals surface area (Å²) in [5.41, 5.74) is 1.45. The maximum Gasteiger partial charge on any atom is 0.115 e. The first-order chi connectivity index (χ1) is 9.63. The van der Waals surface area contributed by atoms with Crippen LogP contribution < -0.4 is 5.32 Å². The molecule has 2 rings (SSSR count). The molecule has 3 heteroatoms. The predicted molar refractivity (Wildman–Crippen MR) is 83.9 cm³/mol. The topological polar surface area (TPSA) is 35.5 Å². The Labute approximate surface area is 123 Å². The minimum absolute atomic E-state index is 0.247. The fourth-order valence-corrected chi connectivity index (χ4v) is 3.30. The van der Waals surface area contributed by atoms with Crippen molar-refractivity contribution in [1.29, 1.82) is 0 Å². The van der Waals surface area contributed by atoms with Gasteiger partial charge in [0, 0.05) is 31.2 Å². The largest absolute Gasteiger partial charge is 0.508 e. The minimum Gasteiger partial charge on any atom is -0.508 e. The van der Waals surface area contributed by atoms with Gasteiger partial charge in [-0.2, -0.15) is 0 Å². The van der Waals surface area contributed by atoms with Crippen molar-refractivity contribution in [3.05, 3.63) is 29.8 Å². The van der Waals surface area contributed by atoms with Gasteiger partial charge >= 0.3 is 0 Å². The molecule has 0 radical (unpaired) electrons. The normalized spacial score (nSPS) is 22.9. The number of piperazine rings is 1. The van der Waals surface area contributed by atoms with Gasteiger partial charge < -0.3 is 10.4 Å². The Morgan fingerprint density at radius 2 is 2.05 bits per heavy atom. The summed E-state index contributed by atoms with van der Waals surface area (Å²) in [5.74, 6) is 0.364. The van der Waals surface area contributed by atoms with Crippen LogP contribution in [0, 0.1) is 0 Å². The van der Waals surface area contributed by atoms with Crippen LogP contribution in [0.5, 0.6) is 5.75 Å². The highest BCUT2D eigenvalue weighted by atomic mass is 16.3. The Kier molecular flexibility index (Phi) is 5.06. The van der Waals surface area contributed by atoms with Crippen LogP contribution in [-0.2, 0) is 6.54 Å². The van der Waals surface area contributed by atoms with Crippen molar-refractivity contribution in [3.63, 3.8) is 0 Å². The second-order valence-corrected chi connectivity index (χ2v) is 5.97. The second kappa shape index (κ2) is 6.59. The van der Waals surface area contributed by atoms with Gasteiger partial charge in [0.1, 0.15) is 5.75 Å². The molecule has 20 heavy (non-hydrogen) atoms. The van der Waals surface area contributed by atoms with Gasteiger partial charge in [0.15, 0.2) is 0 Å². The number of hydrogen-bond donors (Lipinski definition) is 2. The van der Waals surface area contributed by atoms with E-state index in [0.29, 0.717) is 11.8 Å². The van der Waals surface area contributed by atoms with Crippen LogP contribution in [0.25, 0.3) is 0 Å². The lowest BCUT2D eigenvalue weighted by Crippen LogP contribution is -2.63. The molecule has 1 unspecified atom stereocenters. The van der Waals surface area contributed by atoms with Gasteiger partial charge in [0.25, 0.3) is 0 Å². The maximum atomic E-state index is 9.65. The van der Waals surface area contributed by atoms with Crippen molar-refractivity contribution in [3.8, 4) is 5.75 Å². The molecule has 1 aromatic rings. The van der Waals surface area contributed by atoms with Crippen LogP contribution >= 0.6 is 0 Å². The number of nitrogens with zero attached hydrogens (tertiary/aromatic N) is 1. The highest BCUT2D eigenvalue weighted by molar-refractivity contribution is 5.27. The van der Waals surface area contributed by atoms with Gasteiger partial charge in [-0.15, -0.1) is 0 Å². The minimum atomic E-state index is 0.247. The SMILES string of the molecule is CCC1CN(Cc2cccc(O)c2)C(CC)(CC)CN1. The maximum absolute atomic E-state index is 9.65. The van der Waals surface area contributed by atoms with Crippen molar-refractivity contribution < 1.29 is 5.11 Å². The van der Waals surface area contributed by atoms with E-state index in [1.807, 2.05) is 12.1 Å². The average Bonchev–Trinajstić information content (AvgIpc) is 2.47. The van der Waals surface area contributed by atoms with E-state index in [2.05, 4.69) is 37.1 Å². The van der Waals surface area contributed by atoms with E-state index in [-0.39, 0.29) is 5.54 Å². The van der Waals surface area contributed by atoms with Crippen LogP contribution in [0.3, 0.4) is 0 Å². The summed E-state index contributed by atoms with van der Waals surface area (Å²) < 4.78 is 0. The summed E-state index contributed by atoms with van der Waals surface area (Å²) in [5, 5.41) is 13.4. The zero-order valence-corrected chi connectivity index (χ0v) is 13.0. The van der Waals surface area contributed by atoms with Crippen molar-refractivity contribution in [2.45, 2.75) is 58.2 Å². The molecule has 0 amide bonds. The lowest BCUT2D eigenvalue weighted by molar-refractivity contribution is 0.0237. The monoisotopic (exact) mass is 276 g/mol. The van der Waals surface area contributed by atoms with E-state index < -0.39 is 0 Å². The van der Waals surface area contributed by atoms with Gasteiger partial charge in [-0.3, -0.25) is 4.90 Å². The molecule has 2 N–H and O–H groups in total. The molecule has 1 aliphatic heterocycles. The Morgan fingerprint density at radius 1 is 1.30 bits per heavy atom. The fourth-order valence-electron chi connectivity index (χ4n) is 3.30. The highest BCUT2D eigenvalue weighted by Crippen LogP contribution is 2.29. The standard InChI is InChI=1S/C17H28N2O/c1-4-15-12-19(17(5-2,6-3)13-18-15)11-14-8-7-9-16(20)10-14/h7-10,15,18,20H,4-6,11-13H2,1-3H3.